The predicted octanol–water partition coefficient (Wildman–Crippen LogP) is 2.59. The number of aromatic nitrogens is 1. The van der Waals surface area contributed by atoms with Crippen molar-refractivity contribution >= 4 is 11.3 Å². The fourth-order valence-corrected chi connectivity index (χ4v) is 3.10. The van der Waals surface area contributed by atoms with Crippen molar-refractivity contribution in [1.29, 1.82) is 0 Å². The van der Waals surface area contributed by atoms with Gasteiger partial charge in [-0.15, -0.1) is 0 Å². The number of H-pyrrole nitrogens is 1. The zero-order valence-corrected chi connectivity index (χ0v) is 9.83. The molecule has 0 saturated carbocycles. The molecule has 0 bridgehead atoms. The molecule has 0 spiro atoms. The van der Waals surface area contributed by atoms with Gasteiger partial charge in [0.05, 0.1) is 0 Å². The van der Waals surface area contributed by atoms with Crippen molar-refractivity contribution in [3.63, 3.8) is 0 Å². The van der Waals surface area contributed by atoms with Crippen LogP contribution in [0.3, 0.4) is 0 Å². The molecule has 0 aliphatic heterocycles. The van der Waals surface area contributed by atoms with Gasteiger partial charge in [0.25, 0.3) is 0 Å². The molecule has 78 valence electrons. The van der Waals surface area contributed by atoms with E-state index in [1.807, 2.05) is 0 Å². The number of thiazole rings is 1. The summed E-state index contributed by atoms with van der Waals surface area (Å²) in [5.74, 6) is 0.724. The lowest BCUT2D eigenvalue weighted by Crippen LogP contribution is -2.26. The number of fused-ring (bicyclic) bond motifs is 1. The zero-order chi connectivity index (χ0) is 10.3. The summed E-state index contributed by atoms with van der Waals surface area (Å²) >= 11 is 1.40. The molecule has 1 atom stereocenters. The number of hydrogen-bond donors (Lipinski definition) is 1. The minimum atomic E-state index is 0.115. The van der Waals surface area contributed by atoms with Gasteiger partial charge < -0.3 is 4.98 Å². The van der Waals surface area contributed by atoms with E-state index in [0.717, 1.165) is 18.8 Å². The van der Waals surface area contributed by atoms with Gasteiger partial charge in [-0.05, 0) is 30.6 Å². The summed E-state index contributed by atoms with van der Waals surface area (Å²) in [6.07, 6.45) is 3.35. The van der Waals surface area contributed by atoms with E-state index in [4.69, 9.17) is 0 Å². The summed E-state index contributed by atoms with van der Waals surface area (Å²) in [5.41, 5.74) is 1.56. The first kappa shape index (κ1) is 9.97. The molecule has 1 N–H and O–H groups in total. The summed E-state index contributed by atoms with van der Waals surface area (Å²) in [4.78, 5) is 15.5. The highest BCUT2D eigenvalue weighted by molar-refractivity contribution is 7.09. The molecule has 0 aromatic carbocycles. The summed E-state index contributed by atoms with van der Waals surface area (Å²) in [5, 5.41) is 0. The van der Waals surface area contributed by atoms with Crippen LogP contribution in [0.15, 0.2) is 4.79 Å². The van der Waals surface area contributed by atoms with Gasteiger partial charge in [-0.2, -0.15) is 0 Å². The third kappa shape index (κ3) is 1.78. The van der Waals surface area contributed by atoms with Crippen molar-refractivity contribution in [2.24, 2.45) is 11.3 Å². The van der Waals surface area contributed by atoms with Gasteiger partial charge in [-0.3, -0.25) is 4.79 Å². The fourth-order valence-electron chi connectivity index (χ4n) is 2.14. The first-order valence-corrected chi connectivity index (χ1v) is 5.99. The first-order valence-electron chi connectivity index (χ1n) is 5.17. The Morgan fingerprint density at radius 1 is 1.43 bits per heavy atom. The van der Waals surface area contributed by atoms with E-state index in [-0.39, 0.29) is 4.87 Å². The summed E-state index contributed by atoms with van der Waals surface area (Å²) in [7, 11) is 0. The van der Waals surface area contributed by atoms with Crippen LogP contribution >= 0.6 is 11.3 Å². The maximum Gasteiger partial charge on any atom is 0.304 e. The zero-order valence-electron chi connectivity index (χ0n) is 9.02. The van der Waals surface area contributed by atoms with E-state index in [2.05, 4.69) is 25.8 Å². The topological polar surface area (TPSA) is 32.9 Å². The van der Waals surface area contributed by atoms with Crippen molar-refractivity contribution in [3.8, 4) is 0 Å². The van der Waals surface area contributed by atoms with Gasteiger partial charge in [0.2, 0.25) is 0 Å². The maximum absolute atomic E-state index is 11.2. The van der Waals surface area contributed by atoms with Crippen LogP contribution < -0.4 is 4.87 Å². The summed E-state index contributed by atoms with van der Waals surface area (Å²) < 4.78 is 0. The second-order valence-electron chi connectivity index (χ2n) is 5.22. The molecule has 1 aromatic rings. The van der Waals surface area contributed by atoms with Crippen molar-refractivity contribution < 1.29 is 0 Å². The predicted molar refractivity (Wildman–Crippen MR) is 59.9 cm³/mol. The van der Waals surface area contributed by atoms with Crippen LogP contribution in [0.25, 0.3) is 0 Å². The van der Waals surface area contributed by atoms with Crippen molar-refractivity contribution in [3.05, 3.63) is 20.2 Å². The van der Waals surface area contributed by atoms with Gasteiger partial charge in [0.1, 0.15) is 0 Å². The molecule has 0 amide bonds. The second-order valence-corrected chi connectivity index (χ2v) is 6.29. The van der Waals surface area contributed by atoms with E-state index in [1.54, 1.807) is 0 Å². The highest BCUT2D eigenvalue weighted by atomic mass is 32.1. The van der Waals surface area contributed by atoms with Gasteiger partial charge in [0.15, 0.2) is 0 Å². The molecule has 0 fully saturated rings. The van der Waals surface area contributed by atoms with Crippen LogP contribution in [0.4, 0.5) is 0 Å². The standard InChI is InChI=1S/C11H17NOS/c1-11(2,3)7-4-5-8-9(6-7)14-10(13)12-8/h7H,4-6H2,1-3H3,(H,12,13). The molecule has 1 heterocycles. The number of hydrogen-bond acceptors (Lipinski definition) is 2. The van der Waals surface area contributed by atoms with E-state index < -0.39 is 0 Å². The molecule has 1 unspecified atom stereocenters. The Bertz CT molecular complexity index is 383. The van der Waals surface area contributed by atoms with Crippen molar-refractivity contribution in [2.75, 3.05) is 0 Å². The van der Waals surface area contributed by atoms with Crippen molar-refractivity contribution in [2.45, 2.75) is 40.0 Å². The Labute approximate surface area is 88.4 Å². The van der Waals surface area contributed by atoms with Crippen LogP contribution in [-0.4, -0.2) is 4.98 Å². The van der Waals surface area contributed by atoms with E-state index >= 15 is 0 Å². The first-order chi connectivity index (χ1) is 6.47. The molecule has 2 nitrogen and oxygen atoms in total. The largest absolute Gasteiger partial charge is 0.316 e. The molecule has 1 aliphatic rings. The normalized spacial score (nSPS) is 22.1. The second kappa shape index (κ2) is 3.23. The minimum absolute atomic E-state index is 0.115. The van der Waals surface area contributed by atoms with Gasteiger partial charge in [0, 0.05) is 10.6 Å². The minimum Gasteiger partial charge on any atom is -0.316 e. The molecular weight excluding hydrogens is 194 g/mol. The molecule has 0 saturated heterocycles. The lowest BCUT2D eigenvalue weighted by Gasteiger charge is -2.33. The number of aromatic amines is 1. The third-order valence-electron chi connectivity index (χ3n) is 3.20. The van der Waals surface area contributed by atoms with Crippen LogP contribution in [-0.2, 0) is 12.8 Å². The number of rotatable bonds is 0. The molecule has 1 aliphatic carbocycles. The van der Waals surface area contributed by atoms with E-state index in [1.165, 1.54) is 28.3 Å². The van der Waals surface area contributed by atoms with Gasteiger partial charge >= 0.3 is 4.87 Å². The lowest BCUT2D eigenvalue weighted by atomic mass is 9.73. The third-order valence-corrected chi connectivity index (χ3v) is 4.15. The fraction of sp³-hybridized carbons (Fsp3) is 0.727. The van der Waals surface area contributed by atoms with E-state index in [9.17, 15) is 4.79 Å². The Kier molecular flexibility index (Phi) is 2.30. The monoisotopic (exact) mass is 211 g/mol. The van der Waals surface area contributed by atoms with Crippen LogP contribution in [0, 0.1) is 11.3 Å². The van der Waals surface area contributed by atoms with Gasteiger partial charge in [-0.1, -0.05) is 32.1 Å². The van der Waals surface area contributed by atoms with Crippen molar-refractivity contribution in [1.82, 2.24) is 4.98 Å². The SMILES string of the molecule is CC(C)(C)C1CCc2[nH]c(=O)sc2C1. The number of aryl methyl sites for hydroxylation is 1. The lowest BCUT2D eigenvalue weighted by molar-refractivity contribution is 0.217. The van der Waals surface area contributed by atoms with Gasteiger partial charge in [-0.25, -0.2) is 0 Å². The Hall–Kier alpha value is -0.570. The molecule has 14 heavy (non-hydrogen) atoms. The van der Waals surface area contributed by atoms with Crippen LogP contribution in [0.5, 0.6) is 0 Å². The quantitative estimate of drug-likeness (QED) is 0.703. The average molecular weight is 211 g/mol. The maximum atomic E-state index is 11.2. The highest BCUT2D eigenvalue weighted by Crippen LogP contribution is 2.37. The number of nitrogens with one attached hydrogen (secondary N) is 1. The highest BCUT2D eigenvalue weighted by Gasteiger charge is 2.29. The van der Waals surface area contributed by atoms with Crippen LogP contribution in [0.1, 0.15) is 37.8 Å². The Balaban J connectivity index is 2.25. The smallest absolute Gasteiger partial charge is 0.304 e. The summed E-state index contributed by atoms with van der Waals surface area (Å²) in [6.45, 7) is 6.87. The molecule has 0 radical (unpaired) electrons. The van der Waals surface area contributed by atoms with E-state index in [0.29, 0.717) is 5.41 Å². The Morgan fingerprint density at radius 3 is 2.79 bits per heavy atom. The molecule has 3 heteroatoms. The van der Waals surface area contributed by atoms with Crippen LogP contribution in [0.2, 0.25) is 0 Å². The summed E-state index contributed by atoms with van der Waals surface area (Å²) in [6, 6.07) is 0. The average Bonchev–Trinajstić information content (AvgIpc) is 2.41. The molecular formula is C11H17NOS. The Morgan fingerprint density at radius 2 is 2.14 bits per heavy atom. The molecule has 1 aromatic heterocycles. The molecule has 2 rings (SSSR count).